The maximum atomic E-state index is 4.44. The second-order valence-electron chi connectivity index (χ2n) is 4.36. The summed E-state index contributed by atoms with van der Waals surface area (Å²) in [5.41, 5.74) is 2.59. The van der Waals surface area contributed by atoms with Crippen LogP contribution in [0.15, 0.2) is 16.8 Å². The van der Waals surface area contributed by atoms with Crippen LogP contribution in [-0.4, -0.2) is 11.0 Å². The lowest BCUT2D eigenvalue weighted by Gasteiger charge is -2.12. The molecule has 0 fully saturated rings. The van der Waals surface area contributed by atoms with Crippen molar-refractivity contribution in [3.63, 3.8) is 0 Å². The molecule has 0 aliphatic carbocycles. The Hall–Kier alpha value is -0.710. The van der Waals surface area contributed by atoms with Gasteiger partial charge in [-0.1, -0.05) is 0 Å². The summed E-state index contributed by atoms with van der Waals surface area (Å²) in [6.07, 6.45) is 1.10. The highest BCUT2D eigenvalue weighted by molar-refractivity contribution is 7.11. The van der Waals surface area contributed by atoms with Crippen LogP contribution in [0.2, 0.25) is 0 Å². The lowest BCUT2D eigenvalue weighted by atomic mass is 10.1. The topological polar surface area (TPSA) is 24.9 Å². The number of nitrogens with one attached hydrogen (secondary N) is 1. The Morgan fingerprint density at radius 2 is 2.24 bits per heavy atom. The van der Waals surface area contributed by atoms with Gasteiger partial charge < -0.3 is 5.32 Å². The first-order valence-corrected chi connectivity index (χ1v) is 7.58. The van der Waals surface area contributed by atoms with Crippen molar-refractivity contribution in [2.75, 3.05) is 0 Å². The molecule has 2 aromatic rings. The van der Waals surface area contributed by atoms with Crippen LogP contribution in [-0.2, 0) is 13.0 Å². The monoisotopic (exact) mass is 266 g/mol. The zero-order valence-electron chi connectivity index (χ0n) is 10.5. The average Bonchev–Trinajstić information content (AvgIpc) is 2.86. The molecule has 1 atom stereocenters. The first-order chi connectivity index (χ1) is 8.15. The molecular formula is C13H18N2S2. The first kappa shape index (κ1) is 12.7. The third-order valence-electron chi connectivity index (χ3n) is 2.73. The van der Waals surface area contributed by atoms with Crippen molar-refractivity contribution in [3.8, 4) is 0 Å². The summed E-state index contributed by atoms with van der Waals surface area (Å²) in [6.45, 7) is 7.32. The fraction of sp³-hybridized carbons (Fsp3) is 0.462. The van der Waals surface area contributed by atoms with Crippen molar-refractivity contribution in [2.24, 2.45) is 0 Å². The normalized spacial score (nSPS) is 12.9. The van der Waals surface area contributed by atoms with E-state index >= 15 is 0 Å². The quantitative estimate of drug-likeness (QED) is 0.895. The Bertz CT molecular complexity index is 460. The Morgan fingerprint density at radius 1 is 1.41 bits per heavy atom. The first-order valence-electron chi connectivity index (χ1n) is 5.82. The van der Waals surface area contributed by atoms with Gasteiger partial charge in [0.2, 0.25) is 0 Å². The lowest BCUT2D eigenvalue weighted by molar-refractivity contribution is 0.548. The van der Waals surface area contributed by atoms with Gasteiger partial charge in [0.05, 0.1) is 10.7 Å². The van der Waals surface area contributed by atoms with Crippen LogP contribution >= 0.6 is 22.7 Å². The molecular weight excluding hydrogens is 248 g/mol. The Balaban J connectivity index is 1.84. The maximum Gasteiger partial charge on any atom is 0.0900 e. The minimum atomic E-state index is 0.506. The molecule has 0 spiro atoms. The van der Waals surface area contributed by atoms with Gasteiger partial charge in [-0.15, -0.1) is 11.3 Å². The van der Waals surface area contributed by atoms with Crippen molar-refractivity contribution >= 4 is 22.7 Å². The molecule has 0 aromatic carbocycles. The van der Waals surface area contributed by atoms with Gasteiger partial charge in [0.25, 0.3) is 0 Å². The summed E-state index contributed by atoms with van der Waals surface area (Å²) in [5.74, 6) is 0. The van der Waals surface area contributed by atoms with Gasteiger partial charge in [0.1, 0.15) is 0 Å². The molecule has 0 radical (unpaired) electrons. The van der Waals surface area contributed by atoms with Crippen molar-refractivity contribution in [2.45, 2.75) is 39.8 Å². The molecule has 17 heavy (non-hydrogen) atoms. The molecule has 1 N–H and O–H groups in total. The molecule has 2 nitrogen and oxygen atoms in total. The standard InChI is InChI=1S/C13H18N2S2/c1-9(6-12-4-5-16-8-12)14-7-13-10(2)15-11(3)17-13/h4-5,8-9,14H,6-7H2,1-3H3. The van der Waals surface area contributed by atoms with Crippen LogP contribution in [0.5, 0.6) is 0 Å². The van der Waals surface area contributed by atoms with Crippen LogP contribution in [0.3, 0.4) is 0 Å². The van der Waals surface area contributed by atoms with Gasteiger partial charge in [-0.25, -0.2) is 4.98 Å². The second kappa shape index (κ2) is 5.76. The summed E-state index contributed by atoms with van der Waals surface area (Å²) >= 11 is 3.56. The lowest BCUT2D eigenvalue weighted by Crippen LogP contribution is -2.27. The van der Waals surface area contributed by atoms with Crippen molar-refractivity contribution in [3.05, 3.63) is 38.0 Å². The molecule has 1 unspecified atom stereocenters. The van der Waals surface area contributed by atoms with Gasteiger partial charge in [-0.2, -0.15) is 11.3 Å². The molecule has 0 amide bonds. The summed E-state index contributed by atoms with van der Waals surface area (Å²) in [7, 11) is 0. The highest BCUT2D eigenvalue weighted by atomic mass is 32.1. The van der Waals surface area contributed by atoms with E-state index in [0.29, 0.717) is 6.04 Å². The molecule has 0 aliphatic rings. The molecule has 0 saturated heterocycles. The zero-order chi connectivity index (χ0) is 12.3. The molecule has 2 aromatic heterocycles. The van der Waals surface area contributed by atoms with Gasteiger partial charge in [0, 0.05) is 17.5 Å². The number of aryl methyl sites for hydroxylation is 2. The summed E-state index contributed by atoms with van der Waals surface area (Å²) < 4.78 is 0. The number of hydrogen-bond donors (Lipinski definition) is 1. The van der Waals surface area contributed by atoms with Crippen LogP contribution in [0, 0.1) is 13.8 Å². The summed E-state index contributed by atoms with van der Waals surface area (Å²) in [5, 5.41) is 9.08. The van der Waals surface area contributed by atoms with Gasteiger partial charge in [-0.05, 0) is 49.6 Å². The highest BCUT2D eigenvalue weighted by Gasteiger charge is 2.07. The average molecular weight is 266 g/mol. The minimum Gasteiger partial charge on any atom is -0.309 e. The van der Waals surface area contributed by atoms with Gasteiger partial charge >= 0.3 is 0 Å². The molecule has 0 saturated carbocycles. The number of aromatic nitrogens is 1. The van der Waals surface area contributed by atoms with E-state index in [-0.39, 0.29) is 0 Å². The van der Waals surface area contributed by atoms with E-state index in [1.54, 1.807) is 22.7 Å². The largest absolute Gasteiger partial charge is 0.309 e. The predicted molar refractivity (Wildman–Crippen MR) is 75.9 cm³/mol. The minimum absolute atomic E-state index is 0.506. The van der Waals surface area contributed by atoms with E-state index < -0.39 is 0 Å². The molecule has 0 aliphatic heterocycles. The Morgan fingerprint density at radius 3 is 2.82 bits per heavy atom. The third-order valence-corrected chi connectivity index (χ3v) is 4.54. The SMILES string of the molecule is Cc1nc(C)c(CNC(C)Cc2ccsc2)s1. The highest BCUT2D eigenvalue weighted by Crippen LogP contribution is 2.17. The molecule has 4 heteroatoms. The zero-order valence-corrected chi connectivity index (χ0v) is 12.1. The number of nitrogens with zero attached hydrogens (tertiary/aromatic N) is 1. The fourth-order valence-electron chi connectivity index (χ4n) is 1.84. The van der Waals surface area contributed by atoms with E-state index in [2.05, 4.69) is 47.9 Å². The van der Waals surface area contributed by atoms with E-state index in [9.17, 15) is 0 Å². The number of rotatable bonds is 5. The predicted octanol–water partition coefficient (Wildman–Crippen LogP) is 3.54. The van der Waals surface area contributed by atoms with Gasteiger partial charge in [0.15, 0.2) is 0 Å². The van der Waals surface area contributed by atoms with Crippen LogP contribution in [0.1, 0.15) is 28.1 Å². The van der Waals surface area contributed by atoms with Crippen LogP contribution in [0.25, 0.3) is 0 Å². The van der Waals surface area contributed by atoms with Crippen LogP contribution < -0.4 is 5.32 Å². The number of thiazole rings is 1. The molecule has 0 bridgehead atoms. The van der Waals surface area contributed by atoms with E-state index in [1.807, 2.05) is 0 Å². The van der Waals surface area contributed by atoms with Crippen molar-refractivity contribution < 1.29 is 0 Å². The maximum absolute atomic E-state index is 4.44. The molecule has 2 heterocycles. The smallest absolute Gasteiger partial charge is 0.0900 e. The third kappa shape index (κ3) is 3.63. The van der Waals surface area contributed by atoms with Crippen molar-refractivity contribution in [1.29, 1.82) is 0 Å². The Labute approximate surface area is 111 Å². The van der Waals surface area contributed by atoms with E-state index in [4.69, 9.17) is 0 Å². The van der Waals surface area contributed by atoms with Crippen molar-refractivity contribution in [1.82, 2.24) is 10.3 Å². The van der Waals surface area contributed by atoms with E-state index in [1.165, 1.54) is 16.1 Å². The van der Waals surface area contributed by atoms with Gasteiger partial charge in [-0.3, -0.25) is 0 Å². The Kier molecular flexibility index (Phi) is 4.31. The summed E-state index contributed by atoms with van der Waals surface area (Å²) in [4.78, 5) is 5.81. The number of thiophene rings is 1. The van der Waals surface area contributed by atoms with Crippen LogP contribution in [0.4, 0.5) is 0 Å². The number of hydrogen-bond acceptors (Lipinski definition) is 4. The molecule has 92 valence electrons. The molecule has 2 rings (SSSR count). The fourth-order valence-corrected chi connectivity index (χ4v) is 3.41. The second-order valence-corrected chi connectivity index (χ2v) is 6.43. The van der Waals surface area contributed by atoms with E-state index in [0.717, 1.165) is 18.0 Å². The summed E-state index contributed by atoms with van der Waals surface area (Å²) in [6, 6.07) is 2.71.